The molecular weight excluding hydrogens is 370 g/mol. The molecule has 2 aromatic carbocycles. The molecule has 0 bridgehead atoms. The fraction of sp³-hybridized carbons (Fsp3) is 0.0455. The molecule has 0 atom stereocenters. The SMILES string of the molecule is O=C(C=Cc1cccnc1)Nc1cccc(NC(=O)c2ccc3c(c2)OCO3)c1. The first-order valence-electron chi connectivity index (χ1n) is 8.87. The quantitative estimate of drug-likeness (QED) is 0.652. The maximum Gasteiger partial charge on any atom is 0.255 e. The fourth-order valence-corrected chi connectivity index (χ4v) is 2.75. The molecule has 144 valence electrons. The van der Waals surface area contributed by atoms with Crippen LogP contribution in [0, 0.1) is 0 Å². The third-order valence-corrected chi connectivity index (χ3v) is 4.13. The summed E-state index contributed by atoms with van der Waals surface area (Å²) < 4.78 is 10.5. The molecule has 3 aromatic rings. The van der Waals surface area contributed by atoms with Gasteiger partial charge in [-0.05, 0) is 54.1 Å². The Hall–Kier alpha value is -4.13. The van der Waals surface area contributed by atoms with Crippen LogP contribution in [0.2, 0.25) is 0 Å². The zero-order valence-electron chi connectivity index (χ0n) is 15.3. The molecule has 1 aromatic heterocycles. The summed E-state index contributed by atoms with van der Waals surface area (Å²) in [6, 6.07) is 15.5. The maximum atomic E-state index is 12.5. The Labute approximate surface area is 167 Å². The van der Waals surface area contributed by atoms with Crippen molar-refractivity contribution in [1.29, 1.82) is 0 Å². The lowest BCUT2D eigenvalue weighted by atomic mass is 10.2. The van der Waals surface area contributed by atoms with E-state index in [1.54, 1.807) is 67.0 Å². The van der Waals surface area contributed by atoms with Crippen LogP contribution in [0.3, 0.4) is 0 Å². The van der Waals surface area contributed by atoms with Crippen molar-refractivity contribution in [3.05, 3.63) is 84.2 Å². The Kier molecular flexibility index (Phi) is 5.20. The molecule has 0 radical (unpaired) electrons. The minimum atomic E-state index is -0.289. The summed E-state index contributed by atoms with van der Waals surface area (Å²) in [7, 11) is 0. The van der Waals surface area contributed by atoms with Gasteiger partial charge >= 0.3 is 0 Å². The summed E-state index contributed by atoms with van der Waals surface area (Å²) in [4.78, 5) is 28.6. The second-order valence-electron chi connectivity index (χ2n) is 6.21. The number of nitrogens with one attached hydrogen (secondary N) is 2. The van der Waals surface area contributed by atoms with Crippen molar-refractivity contribution in [3.8, 4) is 11.5 Å². The highest BCUT2D eigenvalue weighted by molar-refractivity contribution is 6.06. The van der Waals surface area contributed by atoms with Crippen LogP contribution < -0.4 is 20.1 Å². The predicted octanol–water partition coefficient (Wildman–Crippen LogP) is 3.71. The lowest BCUT2D eigenvalue weighted by Crippen LogP contribution is -2.12. The number of benzene rings is 2. The van der Waals surface area contributed by atoms with Gasteiger partial charge in [0, 0.05) is 35.4 Å². The smallest absolute Gasteiger partial charge is 0.255 e. The number of pyridine rings is 1. The number of aromatic nitrogens is 1. The van der Waals surface area contributed by atoms with Gasteiger partial charge in [0.25, 0.3) is 5.91 Å². The van der Waals surface area contributed by atoms with Crippen molar-refractivity contribution in [3.63, 3.8) is 0 Å². The first-order valence-corrected chi connectivity index (χ1v) is 8.87. The van der Waals surface area contributed by atoms with E-state index in [2.05, 4.69) is 15.6 Å². The van der Waals surface area contributed by atoms with Gasteiger partial charge in [-0.1, -0.05) is 12.1 Å². The van der Waals surface area contributed by atoms with E-state index in [9.17, 15) is 9.59 Å². The van der Waals surface area contributed by atoms with E-state index in [4.69, 9.17) is 9.47 Å². The summed E-state index contributed by atoms with van der Waals surface area (Å²) in [6.45, 7) is 0.150. The van der Waals surface area contributed by atoms with E-state index >= 15 is 0 Å². The van der Waals surface area contributed by atoms with E-state index in [1.165, 1.54) is 6.08 Å². The maximum absolute atomic E-state index is 12.5. The lowest BCUT2D eigenvalue weighted by Gasteiger charge is -2.08. The summed E-state index contributed by atoms with van der Waals surface area (Å²) in [5, 5.41) is 5.57. The highest BCUT2D eigenvalue weighted by atomic mass is 16.7. The topological polar surface area (TPSA) is 89.6 Å². The van der Waals surface area contributed by atoms with Crippen LogP contribution >= 0.6 is 0 Å². The molecular formula is C22H17N3O4. The molecule has 29 heavy (non-hydrogen) atoms. The van der Waals surface area contributed by atoms with Crippen LogP contribution in [0.25, 0.3) is 6.08 Å². The Morgan fingerprint density at radius 3 is 2.59 bits per heavy atom. The Balaban J connectivity index is 1.40. The third kappa shape index (κ3) is 4.59. The van der Waals surface area contributed by atoms with E-state index in [-0.39, 0.29) is 18.6 Å². The Morgan fingerprint density at radius 1 is 0.931 bits per heavy atom. The van der Waals surface area contributed by atoms with Crippen molar-refractivity contribution in [2.24, 2.45) is 0 Å². The van der Waals surface area contributed by atoms with Gasteiger partial charge in [0.2, 0.25) is 12.7 Å². The third-order valence-electron chi connectivity index (χ3n) is 4.13. The molecule has 2 amide bonds. The van der Waals surface area contributed by atoms with Crippen LogP contribution in [0.5, 0.6) is 11.5 Å². The van der Waals surface area contributed by atoms with E-state index in [1.807, 2.05) is 6.07 Å². The van der Waals surface area contributed by atoms with Gasteiger partial charge in [-0.2, -0.15) is 0 Å². The van der Waals surface area contributed by atoms with Gasteiger partial charge in [-0.15, -0.1) is 0 Å². The molecule has 7 heteroatoms. The molecule has 0 fully saturated rings. The van der Waals surface area contributed by atoms with Gasteiger partial charge in [-0.3, -0.25) is 14.6 Å². The van der Waals surface area contributed by atoms with Crippen LogP contribution in [-0.4, -0.2) is 23.6 Å². The number of hydrogen-bond acceptors (Lipinski definition) is 5. The van der Waals surface area contributed by atoms with Crippen LogP contribution in [0.4, 0.5) is 11.4 Å². The Bertz CT molecular complexity index is 1080. The van der Waals surface area contributed by atoms with Gasteiger partial charge in [0.1, 0.15) is 0 Å². The van der Waals surface area contributed by atoms with E-state index in [0.717, 1.165) is 5.56 Å². The molecule has 0 aliphatic carbocycles. The highest BCUT2D eigenvalue weighted by Gasteiger charge is 2.16. The molecule has 2 N–H and O–H groups in total. The summed E-state index contributed by atoms with van der Waals surface area (Å²) in [6.07, 6.45) is 6.43. The summed E-state index contributed by atoms with van der Waals surface area (Å²) >= 11 is 0. The normalized spacial score (nSPS) is 12.0. The second-order valence-corrected chi connectivity index (χ2v) is 6.21. The van der Waals surface area contributed by atoms with Crippen molar-refractivity contribution in [2.75, 3.05) is 17.4 Å². The minimum Gasteiger partial charge on any atom is -0.454 e. The van der Waals surface area contributed by atoms with Crippen molar-refractivity contribution in [1.82, 2.24) is 4.98 Å². The van der Waals surface area contributed by atoms with Crippen LogP contribution in [0.1, 0.15) is 15.9 Å². The predicted molar refractivity (Wildman–Crippen MR) is 109 cm³/mol. The number of anilines is 2. The first-order chi connectivity index (χ1) is 14.2. The van der Waals surface area contributed by atoms with E-state index in [0.29, 0.717) is 28.4 Å². The monoisotopic (exact) mass is 387 g/mol. The zero-order chi connectivity index (χ0) is 20.1. The van der Waals surface area contributed by atoms with Gasteiger partial charge in [0.15, 0.2) is 11.5 Å². The molecule has 1 aliphatic rings. The standard InChI is InChI=1S/C22H17N3O4/c26-21(9-6-15-3-2-10-23-13-15)24-17-4-1-5-18(12-17)25-22(27)16-7-8-19-20(11-16)29-14-28-19/h1-13H,14H2,(H,24,26)(H,25,27). The molecule has 4 rings (SSSR count). The summed E-state index contributed by atoms with van der Waals surface area (Å²) in [5.74, 6) is 0.584. The first kappa shape index (κ1) is 18.2. The van der Waals surface area contributed by atoms with Crippen LogP contribution in [-0.2, 0) is 4.79 Å². The van der Waals surface area contributed by atoms with Gasteiger partial charge in [-0.25, -0.2) is 0 Å². The molecule has 0 unspecified atom stereocenters. The number of ether oxygens (including phenoxy) is 2. The molecule has 2 heterocycles. The largest absolute Gasteiger partial charge is 0.454 e. The van der Waals surface area contributed by atoms with Crippen molar-refractivity contribution < 1.29 is 19.1 Å². The average molecular weight is 387 g/mol. The number of carbonyl (C=O) groups is 2. The van der Waals surface area contributed by atoms with Gasteiger partial charge < -0.3 is 20.1 Å². The number of fused-ring (bicyclic) bond motifs is 1. The molecule has 0 spiro atoms. The minimum absolute atomic E-state index is 0.150. The fourth-order valence-electron chi connectivity index (χ4n) is 2.75. The molecule has 7 nitrogen and oxygen atoms in total. The molecule has 1 aliphatic heterocycles. The number of amides is 2. The molecule has 0 saturated carbocycles. The van der Waals surface area contributed by atoms with Crippen molar-refractivity contribution in [2.45, 2.75) is 0 Å². The number of hydrogen-bond donors (Lipinski definition) is 2. The lowest BCUT2D eigenvalue weighted by molar-refractivity contribution is -0.111. The number of rotatable bonds is 5. The summed E-state index contributed by atoms with van der Waals surface area (Å²) in [5.41, 5.74) is 2.39. The molecule has 0 saturated heterocycles. The number of nitrogens with zero attached hydrogens (tertiary/aromatic N) is 1. The second kappa shape index (κ2) is 8.26. The Morgan fingerprint density at radius 2 is 1.76 bits per heavy atom. The average Bonchev–Trinajstić information content (AvgIpc) is 3.21. The number of carbonyl (C=O) groups excluding carboxylic acids is 2. The van der Waals surface area contributed by atoms with Crippen LogP contribution in [0.15, 0.2) is 73.1 Å². The zero-order valence-corrected chi connectivity index (χ0v) is 15.3. The highest BCUT2D eigenvalue weighted by Crippen LogP contribution is 2.32. The van der Waals surface area contributed by atoms with E-state index < -0.39 is 0 Å². The van der Waals surface area contributed by atoms with Gasteiger partial charge in [0.05, 0.1) is 0 Å². The van der Waals surface area contributed by atoms with Crippen molar-refractivity contribution >= 4 is 29.3 Å².